The summed E-state index contributed by atoms with van der Waals surface area (Å²) in [7, 11) is 3.69. The molecule has 22 heavy (non-hydrogen) atoms. The molecular formula is C18H20N2O2. The molecule has 4 heteroatoms. The van der Waals surface area contributed by atoms with E-state index in [0.717, 1.165) is 22.8 Å². The first-order valence-electron chi connectivity index (χ1n) is 7.26. The Hall–Kier alpha value is -2.46. The molecule has 2 aromatic carbocycles. The van der Waals surface area contributed by atoms with Crippen molar-refractivity contribution in [3.8, 4) is 11.5 Å². The summed E-state index contributed by atoms with van der Waals surface area (Å²) < 4.78 is 13.4. The maximum absolute atomic E-state index is 5.92. The van der Waals surface area contributed by atoms with Crippen LogP contribution >= 0.6 is 0 Å². The van der Waals surface area contributed by atoms with Crippen molar-refractivity contribution in [2.45, 2.75) is 13.2 Å². The first-order chi connectivity index (χ1) is 10.7. The van der Waals surface area contributed by atoms with Crippen LogP contribution in [0.4, 0.5) is 0 Å². The average molecular weight is 296 g/mol. The third-order valence-electron chi connectivity index (χ3n) is 3.94. The normalized spacial score (nSPS) is 10.9. The van der Waals surface area contributed by atoms with Gasteiger partial charge in [-0.1, -0.05) is 24.3 Å². The maximum Gasteiger partial charge on any atom is 0.161 e. The van der Waals surface area contributed by atoms with Crippen molar-refractivity contribution in [1.29, 1.82) is 0 Å². The summed E-state index contributed by atoms with van der Waals surface area (Å²) in [6, 6.07) is 16.0. The average Bonchev–Trinajstić information content (AvgIpc) is 2.89. The molecule has 0 spiro atoms. The lowest BCUT2D eigenvalue weighted by molar-refractivity contribution is 0.278. The van der Waals surface area contributed by atoms with Gasteiger partial charge in [-0.25, -0.2) is 0 Å². The third kappa shape index (κ3) is 2.53. The summed E-state index contributed by atoms with van der Waals surface area (Å²) >= 11 is 0. The van der Waals surface area contributed by atoms with Crippen molar-refractivity contribution in [2.24, 2.45) is 12.8 Å². The van der Waals surface area contributed by atoms with Gasteiger partial charge in [0.2, 0.25) is 0 Å². The molecule has 0 amide bonds. The van der Waals surface area contributed by atoms with Crippen LogP contribution in [-0.4, -0.2) is 11.7 Å². The Balaban J connectivity index is 1.90. The molecule has 0 aliphatic carbocycles. The van der Waals surface area contributed by atoms with Crippen LogP contribution in [0.2, 0.25) is 0 Å². The highest BCUT2D eigenvalue weighted by molar-refractivity contribution is 5.84. The lowest BCUT2D eigenvalue weighted by Gasteiger charge is -2.10. The fraction of sp³-hybridized carbons (Fsp3) is 0.222. The molecule has 1 aromatic heterocycles. The summed E-state index contributed by atoms with van der Waals surface area (Å²) in [4.78, 5) is 0. The number of aromatic nitrogens is 1. The molecule has 114 valence electrons. The second kappa shape index (κ2) is 6.12. The number of rotatable bonds is 5. The predicted molar refractivity (Wildman–Crippen MR) is 88.1 cm³/mol. The van der Waals surface area contributed by atoms with Crippen molar-refractivity contribution >= 4 is 10.9 Å². The van der Waals surface area contributed by atoms with Crippen LogP contribution in [0.3, 0.4) is 0 Å². The predicted octanol–water partition coefficient (Wildman–Crippen LogP) is 3.22. The van der Waals surface area contributed by atoms with E-state index in [1.807, 2.05) is 37.4 Å². The van der Waals surface area contributed by atoms with Gasteiger partial charge in [-0.15, -0.1) is 0 Å². The topological polar surface area (TPSA) is 49.4 Å². The Kier molecular flexibility index (Phi) is 4.02. The van der Waals surface area contributed by atoms with Gasteiger partial charge in [-0.05, 0) is 29.8 Å². The van der Waals surface area contributed by atoms with E-state index < -0.39 is 0 Å². The number of nitrogens with two attached hydrogens (primary N) is 1. The molecule has 0 aliphatic heterocycles. The van der Waals surface area contributed by atoms with E-state index >= 15 is 0 Å². The Morgan fingerprint density at radius 2 is 1.82 bits per heavy atom. The van der Waals surface area contributed by atoms with E-state index in [1.165, 1.54) is 10.9 Å². The summed E-state index contributed by atoms with van der Waals surface area (Å²) in [5.41, 5.74) is 9.24. The molecule has 4 nitrogen and oxygen atoms in total. The number of hydrogen-bond acceptors (Lipinski definition) is 3. The Morgan fingerprint density at radius 1 is 1.05 bits per heavy atom. The highest BCUT2D eigenvalue weighted by Crippen LogP contribution is 2.28. The van der Waals surface area contributed by atoms with Crippen molar-refractivity contribution in [3.63, 3.8) is 0 Å². The molecule has 0 aliphatic rings. The summed E-state index contributed by atoms with van der Waals surface area (Å²) in [6.07, 6.45) is 0. The van der Waals surface area contributed by atoms with Gasteiger partial charge < -0.3 is 19.8 Å². The molecule has 0 fully saturated rings. The van der Waals surface area contributed by atoms with E-state index in [2.05, 4.69) is 22.8 Å². The third-order valence-corrected chi connectivity index (χ3v) is 3.94. The van der Waals surface area contributed by atoms with Gasteiger partial charge in [0.1, 0.15) is 6.61 Å². The number of benzene rings is 2. The maximum atomic E-state index is 5.92. The molecule has 2 N–H and O–H groups in total. The molecule has 0 saturated carbocycles. The zero-order valence-electron chi connectivity index (χ0n) is 12.9. The second-order valence-corrected chi connectivity index (χ2v) is 5.19. The smallest absolute Gasteiger partial charge is 0.161 e. The highest BCUT2D eigenvalue weighted by Gasteiger charge is 2.10. The van der Waals surface area contributed by atoms with Gasteiger partial charge in [0.05, 0.1) is 12.8 Å². The van der Waals surface area contributed by atoms with Gasteiger partial charge >= 0.3 is 0 Å². The van der Waals surface area contributed by atoms with Gasteiger partial charge in [-0.3, -0.25) is 0 Å². The van der Waals surface area contributed by atoms with Crippen molar-refractivity contribution in [3.05, 3.63) is 59.8 Å². The fourth-order valence-electron chi connectivity index (χ4n) is 2.68. The van der Waals surface area contributed by atoms with E-state index in [4.69, 9.17) is 15.2 Å². The molecular weight excluding hydrogens is 276 g/mol. The number of aryl methyl sites for hydroxylation is 1. The standard InChI is InChI=1S/C18H20N2O2/c1-20-14(10-15-13(11-19)6-5-7-16(15)20)12-22-18-9-4-3-8-17(18)21-2/h3-10H,11-12,19H2,1-2H3. The number of hydrogen-bond donors (Lipinski definition) is 1. The lowest BCUT2D eigenvalue weighted by Crippen LogP contribution is -2.02. The van der Waals surface area contributed by atoms with Gasteiger partial charge in [0.15, 0.2) is 11.5 Å². The summed E-state index contributed by atoms with van der Waals surface area (Å²) in [5, 5.41) is 1.19. The zero-order valence-corrected chi connectivity index (χ0v) is 12.9. The molecule has 3 rings (SSSR count). The lowest BCUT2D eigenvalue weighted by atomic mass is 10.1. The van der Waals surface area contributed by atoms with E-state index in [9.17, 15) is 0 Å². The van der Waals surface area contributed by atoms with E-state index in [1.54, 1.807) is 7.11 Å². The van der Waals surface area contributed by atoms with Crippen LogP contribution in [0.15, 0.2) is 48.5 Å². The zero-order chi connectivity index (χ0) is 15.5. The quantitative estimate of drug-likeness (QED) is 0.786. The van der Waals surface area contributed by atoms with E-state index in [0.29, 0.717) is 13.2 Å². The van der Waals surface area contributed by atoms with Crippen molar-refractivity contribution in [1.82, 2.24) is 4.57 Å². The number of methoxy groups -OCH3 is 1. The number of nitrogens with zero attached hydrogens (tertiary/aromatic N) is 1. The minimum Gasteiger partial charge on any atom is -0.493 e. The first-order valence-corrected chi connectivity index (χ1v) is 7.26. The molecule has 0 bridgehead atoms. The van der Waals surface area contributed by atoms with Crippen LogP contribution in [0.25, 0.3) is 10.9 Å². The van der Waals surface area contributed by atoms with Crippen LogP contribution in [-0.2, 0) is 20.2 Å². The van der Waals surface area contributed by atoms with E-state index in [-0.39, 0.29) is 0 Å². The van der Waals surface area contributed by atoms with Gasteiger partial charge in [0.25, 0.3) is 0 Å². The fourth-order valence-corrected chi connectivity index (χ4v) is 2.68. The molecule has 3 aromatic rings. The Morgan fingerprint density at radius 3 is 2.55 bits per heavy atom. The molecule has 0 unspecified atom stereocenters. The molecule has 0 radical (unpaired) electrons. The number of para-hydroxylation sites is 2. The summed E-state index contributed by atoms with van der Waals surface area (Å²) in [6.45, 7) is 1.02. The monoisotopic (exact) mass is 296 g/mol. The van der Waals surface area contributed by atoms with Crippen LogP contribution in [0, 0.1) is 0 Å². The molecule has 0 atom stereocenters. The first kappa shape index (κ1) is 14.5. The SMILES string of the molecule is COc1ccccc1OCc1cc2c(CN)cccc2n1C. The molecule has 1 heterocycles. The van der Waals surface area contributed by atoms with Crippen LogP contribution in [0.5, 0.6) is 11.5 Å². The Labute approximate surface area is 130 Å². The summed E-state index contributed by atoms with van der Waals surface area (Å²) in [5.74, 6) is 1.48. The van der Waals surface area contributed by atoms with Crippen molar-refractivity contribution < 1.29 is 9.47 Å². The minimum absolute atomic E-state index is 0.482. The van der Waals surface area contributed by atoms with Gasteiger partial charge in [0, 0.05) is 24.5 Å². The minimum atomic E-state index is 0.482. The largest absolute Gasteiger partial charge is 0.493 e. The Bertz CT molecular complexity index is 793. The number of fused-ring (bicyclic) bond motifs is 1. The molecule has 0 saturated heterocycles. The van der Waals surface area contributed by atoms with Crippen molar-refractivity contribution in [2.75, 3.05) is 7.11 Å². The van der Waals surface area contributed by atoms with Crippen LogP contribution < -0.4 is 15.2 Å². The highest BCUT2D eigenvalue weighted by atomic mass is 16.5. The van der Waals surface area contributed by atoms with Gasteiger partial charge in [-0.2, -0.15) is 0 Å². The second-order valence-electron chi connectivity index (χ2n) is 5.19. The van der Waals surface area contributed by atoms with Crippen LogP contribution in [0.1, 0.15) is 11.3 Å². The number of ether oxygens (including phenoxy) is 2.